The SMILES string of the molecule is O=C(NCCC(=O)N1CCC(O)C1)c1ccsc1. The molecule has 1 aromatic rings. The van der Waals surface area contributed by atoms with Crippen LogP contribution in [0.4, 0.5) is 0 Å². The highest BCUT2D eigenvalue weighted by atomic mass is 32.1. The fraction of sp³-hybridized carbons (Fsp3) is 0.500. The second kappa shape index (κ2) is 5.97. The molecule has 0 saturated carbocycles. The van der Waals surface area contributed by atoms with Gasteiger partial charge >= 0.3 is 0 Å². The number of β-amino-alcohol motifs (C(OH)–C–C–N with tert-alkyl or cyclic N) is 1. The first-order valence-electron chi connectivity index (χ1n) is 5.93. The summed E-state index contributed by atoms with van der Waals surface area (Å²) in [7, 11) is 0. The van der Waals surface area contributed by atoms with E-state index in [1.807, 2.05) is 5.38 Å². The maximum absolute atomic E-state index is 11.7. The fourth-order valence-corrected chi connectivity index (χ4v) is 2.54. The molecule has 1 aliphatic rings. The number of likely N-dealkylation sites (tertiary alicyclic amines) is 1. The lowest BCUT2D eigenvalue weighted by atomic mass is 10.3. The first-order valence-corrected chi connectivity index (χ1v) is 6.87. The Labute approximate surface area is 109 Å². The molecule has 1 atom stereocenters. The minimum Gasteiger partial charge on any atom is -0.391 e. The predicted octanol–water partition coefficient (Wildman–Crippen LogP) is 0.461. The first kappa shape index (κ1) is 13.0. The van der Waals surface area contributed by atoms with Crippen molar-refractivity contribution in [3.8, 4) is 0 Å². The molecule has 0 bridgehead atoms. The van der Waals surface area contributed by atoms with Gasteiger partial charge in [0.1, 0.15) is 0 Å². The molecule has 0 aromatic carbocycles. The molecule has 0 radical (unpaired) electrons. The zero-order chi connectivity index (χ0) is 13.0. The summed E-state index contributed by atoms with van der Waals surface area (Å²) in [4.78, 5) is 25.0. The zero-order valence-corrected chi connectivity index (χ0v) is 10.8. The van der Waals surface area contributed by atoms with Crippen LogP contribution < -0.4 is 5.32 Å². The van der Waals surface area contributed by atoms with E-state index in [-0.39, 0.29) is 18.2 Å². The van der Waals surface area contributed by atoms with Crippen molar-refractivity contribution in [1.29, 1.82) is 0 Å². The molecule has 1 aliphatic heterocycles. The van der Waals surface area contributed by atoms with Crippen LogP contribution in [0.1, 0.15) is 23.2 Å². The number of thiophene rings is 1. The number of carbonyl (C=O) groups is 2. The Balaban J connectivity index is 1.69. The second-order valence-electron chi connectivity index (χ2n) is 4.30. The highest BCUT2D eigenvalue weighted by Crippen LogP contribution is 2.10. The molecule has 2 heterocycles. The number of carbonyl (C=O) groups excluding carboxylic acids is 2. The standard InChI is InChI=1S/C12H16N2O3S/c15-10-2-5-14(7-10)11(16)1-4-13-12(17)9-3-6-18-8-9/h3,6,8,10,15H,1-2,4-5,7H2,(H,13,17). The van der Waals surface area contributed by atoms with E-state index >= 15 is 0 Å². The second-order valence-corrected chi connectivity index (χ2v) is 5.08. The number of nitrogens with zero attached hydrogens (tertiary/aromatic N) is 1. The Hall–Kier alpha value is -1.40. The normalized spacial score (nSPS) is 18.9. The Bertz CT molecular complexity index is 419. The number of nitrogens with one attached hydrogen (secondary N) is 1. The van der Waals surface area contributed by atoms with Crippen LogP contribution in [0.15, 0.2) is 16.8 Å². The maximum Gasteiger partial charge on any atom is 0.252 e. The Morgan fingerprint density at radius 1 is 1.56 bits per heavy atom. The zero-order valence-electron chi connectivity index (χ0n) is 9.96. The molecule has 2 N–H and O–H groups in total. The van der Waals surface area contributed by atoms with Gasteiger partial charge in [0.2, 0.25) is 5.91 Å². The third-order valence-electron chi connectivity index (χ3n) is 2.92. The number of aliphatic hydroxyl groups excluding tert-OH is 1. The summed E-state index contributed by atoms with van der Waals surface area (Å²) in [6, 6.07) is 1.75. The molecule has 18 heavy (non-hydrogen) atoms. The first-order chi connectivity index (χ1) is 8.66. The van der Waals surface area contributed by atoms with Crippen molar-refractivity contribution in [2.75, 3.05) is 19.6 Å². The summed E-state index contributed by atoms with van der Waals surface area (Å²) < 4.78 is 0. The van der Waals surface area contributed by atoms with E-state index in [0.717, 1.165) is 0 Å². The molecule has 2 amide bonds. The molecule has 2 rings (SSSR count). The highest BCUT2D eigenvalue weighted by molar-refractivity contribution is 7.08. The minimum absolute atomic E-state index is 0.0165. The van der Waals surface area contributed by atoms with Crippen LogP contribution in [0.5, 0.6) is 0 Å². The molecular weight excluding hydrogens is 252 g/mol. The third kappa shape index (κ3) is 3.30. The van der Waals surface area contributed by atoms with Crippen molar-refractivity contribution in [2.45, 2.75) is 18.9 Å². The van der Waals surface area contributed by atoms with Crippen molar-refractivity contribution < 1.29 is 14.7 Å². The van der Waals surface area contributed by atoms with Crippen LogP contribution in [0, 0.1) is 0 Å². The number of amides is 2. The summed E-state index contributed by atoms with van der Waals surface area (Å²) in [6.45, 7) is 1.36. The van der Waals surface area contributed by atoms with Gasteiger partial charge in [-0.05, 0) is 17.9 Å². The van der Waals surface area contributed by atoms with Crippen LogP contribution in [0.3, 0.4) is 0 Å². The largest absolute Gasteiger partial charge is 0.391 e. The van der Waals surface area contributed by atoms with Gasteiger partial charge in [-0.1, -0.05) is 0 Å². The van der Waals surface area contributed by atoms with E-state index in [1.54, 1.807) is 16.3 Å². The monoisotopic (exact) mass is 268 g/mol. The quantitative estimate of drug-likeness (QED) is 0.833. The van der Waals surface area contributed by atoms with Crippen LogP contribution in [0.25, 0.3) is 0 Å². The van der Waals surface area contributed by atoms with Crippen LogP contribution in [-0.2, 0) is 4.79 Å². The number of aliphatic hydroxyl groups is 1. The van der Waals surface area contributed by atoms with Gasteiger partial charge in [0.15, 0.2) is 0 Å². The van der Waals surface area contributed by atoms with Gasteiger partial charge in [-0.25, -0.2) is 0 Å². The van der Waals surface area contributed by atoms with Crippen LogP contribution >= 0.6 is 11.3 Å². The molecule has 1 saturated heterocycles. The van der Waals surface area contributed by atoms with Gasteiger partial charge in [-0.3, -0.25) is 9.59 Å². The van der Waals surface area contributed by atoms with Gasteiger partial charge in [0, 0.05) is 37.0 Å². The lowest BCUT2D eigenvalue weighted by Gasteiger charge is -2.15. The maximum atomic E-state index is 11.7. The molecule has 1 aromatic heterocycles. The fourth-order valence-electron chi connectivity index (χ4n) is 1.91. The van der Waals surface area contributed by atoms with Gasteiger partial charge in [-0.2, -0.15) is 11.3 Å². The average Bonchev–Trinajstić information content (AvgIpc) is 2.99. The lowest BCUT2D eigenvalue weighted by molar-refractivity contribution is -0.130. The minimum atomic E-state index is -0.394. The summed E-state index contributed by atoms with van der Waals surface area (Å²) in [5.41, 5.74) is 0.629. The molecular formula is C12H16N2O3S. The van der Waals surface area contributed by atoms with E-state index in [9.17, 15) is 14.7 Å². The van der Waals surface area contributed by atoms with Crippen molar-refractivity contribution in [2.24, 2.45) is 0 Å². The van der Waals surface area contributed by atoms with Gasteiger partial charge < -0.3 is 15.3 Å². The molecule has 1 unspecified atom stereocenters. The molecule has 1 fully saturated rings. The molecule has 98 valence electrons. The van der Waals surface area contributed by atoms with Crippen molar-refractivity contribution in [1.82, 2.24) is 10.2 Å². The van der Waals surface area contributed by atoms with E-state index in [2.05, 4.69) is 5.32 Å². The van der Waals surface area contributed by atoms with Gasteiger partial charge in [0.05, 0.1) is 6.10 Å². The smallest absolute Gasteiger partial charge is 0.252 e. The number of hydrogen-bond donors (Lipinski definition) is 2. The van der Waals surface area contributed by atoms with E-state index in [1.165, 1.54) is 11.3 Å². The predicted molar refractivity (Wildman–Crippen MR) is 68.5 cm³/mol. The molecule has 5 nitrogen and oxygen atoms in total. The number of hydrogen-bond acceptors (Lipinski definition) is 4. The van der Waals surface area contributed by atoms with Crippen molar-refractivity contribution >= 4 is 23.2 Å². The highest BCUT2D eigenvalue weighted by Gasteiger charge is 2.23. The molecule has 0 spiro atoms. The Morgan fingerprint density at radius 2 is 2.39 bits per heavy atom. The van der Waals surface area contributed by atoms with E-state index in [0.29, 0.717) is 31.6 Å². The summed E-state index contributed by atoms with van der Waals surface area (Å²) >= 11 is 1.46. The third-order valence-corrected chi connectivity index (χ3v) is 3.61. The Kier molecular flexibility index (Phi) is 4.33. The van der Waals surface area contributed by atoms with E-state index < -0.39 is 6.10 Å². The van der Waals surface area contributed by atoms with Crippen LogP contribution in [-0.4, -0.2) is 47.6 Å². The molecule has 0 aliphatic carbocycles. The average molecular weight is 268 g/mol. The summed E-state index contributed by atoms with van der Waals surface area (Å²) in [6.07, 6.45) is 0.532. The van der Waals surface area contributed by atoms with Crippen molar-refractivity contribution in [3.05, 3.63) is 22.4 Å². The molecule has 6 heteroatoms. The topological polar surface area (TPSA) is 69.6 Å². The lowest BCUT2D eigenvalue weighted by Crippen LogP contribution is -2.33. The Morgan fingerprint density at radius 3 is 3.00 bits per heavy atom. The van der Waals surface area contributed by atoms with Crippen LogP contribution in [0.2, 0.25) is 0 Å². The summed E-state index contributed by atoms with van der Waals surface area (Å²) in [5, 5.41) is 15.6. The van der Waals surface area contributed by atoms with Crippen molar-refractivity contribution in [3.63, 3.8) is 0 Å². The van der Waals surface area contributed by atoms with E-state index in [4.69, 9.17) is 0 Å². The van der Waals surface area contributed by atoms with Gasteiger partial charge in [-0.15, -0.1) is 0 Å². The summed E-state index contributed by atoms with van der Waals surface area (Å²) in [5.74, 6) is -0.164. The van der Waals surface area contributed by atoms with Gasteiger partial charge in [0.25, 0.3) is 5.91 Å². The number of rotatable bonds is 4.